The van der Waals surface area contributed by atoms with Crippen LogP contribution in [-0.2, 0) is 0 Å². The number of anilines is 2. The molecule has 0 unspecified atom stereocenters. The average molecular weight is 206 g/mol. The molecule has 1 aromatic rings. The Morgan fingerprint density at radius 3 is 2.93 bits per heavy atom. The van der Waals surface area contributed by atoms with Gasteiger partial charge in [0, 0.05) is 18.3 Å². The van der Waals surface area contributed by atoms with Crippen LogP contribution >= 0.6 is 0 Å². The van der Waals surface area contributed by atoms with Crippen molar-refractivity contribution in [3.63, 3.8) is 0 Å². The molecule has 15 heavy (non-hydrogen) atoms. The van der Waals surface area contributed by atoms with Gasteiger partial charge in [-0.15, -0.1) is 0 Å². The summed E-state index contributed by atoms with van der Waals surface area (Å²) in [6, 6.07) is 5.81. The summed E-state index contributed by atoms with van der Waals surface area (Å²) in [7, 11) is 1.64. The third-order valence-electron chi connectivity index (χ3n) is 2.81. The summed E-state index contributed by atoms with van der Waals surface area (Å²) < 4.78 is 5.16. The van der Waals surface area contributed by atoms with Crippen molar-refractivity contribution in [3.8, 4) is 5.75 Å². The monoisotopic (exact) mass is 206 g/mol. The van der Waals surface area contributed by atoms with E-state index < -0.39 is 0 Å². The highest BCUT2D eigenvalue weighted by Crippen LogP contribution is 2.32. The minimum Gasteiger partial charge on any atom is -0.495 e. The number of nitrogens with two attached hydrogens (primary N) is 1. The third-order valence-corrected chi connectivity index (χ3v) is 2.81. The Labute approximate surface area is 90.6 Å². The lowest BCUT2D eigenvalue weighted by molar-refractivity contribution is 0.417. The molecule has 2 rings (SSSR count). The first-order chi connectivity index (χ1) is 7.29. The molecule has 1 aliphatic carbocycles. The van der Waals surface area contributed by atoms with Gasteiger partial charge in [-0.3, -0.25) is 0 Å². The maximum atomic E-state index is 5.73. The summed E-state index contributed by atoms with van der Waals surface area (Å²) in [4.78, 5) is 0. The summed E-state index contributed by atoms with van der Waals surface area (Å²) in [6.45, 7) is 1.04. The molecule has 3 N–H and O–H groups in total. The van der Waals surface area contributed by atoms with Gasteiger partial charge in [0.2, 0.25) is 0 Å². The summed E-state index contributed by atoms with van der Waals surface area (Å²) in [5.41, 5.74) is 7.50. The molecule has 1 fully saturated rings. The molecular weight excluding hydrogens is 188 g/mol. The van der Waals surface area contributed by atoms with Gasteiger partial charge in [-0.25, -0.2) is 0 Å². The molecule has 3 heteroatoms. The minimum atomic E-state index is 0.685. The highest BCUT2D eigenvalue weighted by atomic mass is 16.5. The Hall–Kier alpha value is -1.38. The second-order valence-electron chi connectivity index (χ2n) is 4.12. The fourth-order valence-corrected chi connectivity index (χ4v) is 1.65. The van der Waals surface area contributed by atoms with Crippen LogP contribution in [0, 0.1) is 5.92 Å². The molecule has 0 bridgehead atoms. The fraction of sp³-hybridized carbons (Fsp3) is 0.500. The maximum absolute atomic E-state index is 5.73. The van der Waals surface area contributed by atoms with Crippen LogP contribution in [-0.4, -0.2) is 13.7 Å². The fourth-order valence-electron chi connectivity index (χ4n) is 1.65. The number of nitrogen functional groups attached to an aromatic ring is 1. The molecule has 0 aliphatic heterocycles. The van der Waals surface area contributed by atoms with E-state index in [-0.39, 0.29) is 0 Å². The van der Waals surface area contributed by atoms with Crippen LogP contribution in [0.3, 0.4) is 0 Å². The van der Waals surface area contributed by atoms with E-state index in [1.54, 1.807) is 7.11 Å². The highest BCUT2D eigenvalue weighted by Gasteiger charge is 2.20. The SMILES string of the molecule is COc1cc(NCCC2CC2)ccc1N. The lowest BCUT2D eigenvalue weighted by Gasteiger charge is -2.09. The van der Waals surface area contributed by atoms with E-state index in [2.05, 4.69) is 5.32 Å². The Kier molecular flexibility index (Phi) is 2.99. The highest BCUT2D eigenvalue weighted by molar-refractivity contribution is 5.61. The summed E-state index contributed by atoms with van der Waals surface area (Å²) in [5, 5.41) is 3.38. The van der Waals surface area contributed by atoms with Crippen LogP contribution in [0.15, 0.2) is 18.2 Å². The van der Waals surface area contributed by atoms with Crippen molar-refractivity contribution in [2.75, 3.05) is 24.7 Å². The van der Waals surface area contributed by atoms with Gasteiger partial charge in [-0.2, -0.15) is 0 Å². The van der Waals surface area contributed by atoms with Crippen molar-refractivity contribution in [2.45, 2.75) is 19.3 Å². The number of hydrogen-bond donors (Lipinski definition) is 2. The number of methoxy groups -OCH3 is 1. The Bertz CT molecular complexity index is 334. The Morgan fingerprint density at radius 1 is 1.47 bits per heavy atom. The van der Waals surface area contributed by atoms with E-state index in [1.807, 2.05) is 18.2 Å². The topological polar surface area (TPSA) is 47.3 Å². The molecule has 1 saturated carbocycles. The second kappa shape index (κ2) is 4.43. The van der Waals surface area contributed by atoms with Gasteiger partial charge >= 0.3 is 0 Å². The summed E-state index contributed by atoms with van der Waals surface area (Å²) in [6.07, 6.45) is 4.09. The van der Waals surface area contributed by atoms with Gasteiger partial charge in [0.15, 0.2) is 0 Å². The van der Waals surface area contributed by atoms with Gasteiger partial charge in [-0.05, 0) is 24.5 Å². The summed E-state index contributed by atoms with van der Waals surface area (Å²) in [5.74, 6) is 1.71. The Morgan fingerprint density at radius 2 is 2.27 bits per heavy atom. The number of ether oxygens (including phenoxy) is 1. The molecule has 0 aromatic heterocycles. The predicted octanol–water partition coefficient (Wildman–Crippen LogP) is 2.49. The molecule has 0 heterocycles. The predicted molar refractivity (Wildman–Crippen MR) is 63.2 cm³/mol. The van der Waals surface area contributed by atoms with E-state index in [9.17, 15) is 0 Å². The van der Waals surface area contributed by atoms with E-state index in [1.165, 1.54) is 19.3 Å². The number of rotatable bonds is 5. The Balaban J connectivity index is 1.89. The molecule has 0 radical (unpaired) electrons. The third kappa shape index (κ3) is 2.78. The van der Waals surface area contributed by atoms with E-state index >= 15 is 0 Å². The van der Waals surface area contributed by atoms with Crippen LogP contribution in [0.25, 0.3) is 0 Å². The molecule has 0 amide bonds. The van der Waals surface area contributed by atoms with Crippen molar-refractivity contribution in [1.82, 2.24) is 0 Å². The van der Waals surface area contributed by atoms with Crippen molar-refractivity contribution in [3.05, 3.63) is 18.2 Å². The van der Waals surface area contributed by atoms with Crippen LogP contribution in [0.5, 0.6) is 5.75 Å². The zero-order valence-electron chi connectivity index (χ0n) is 9.12. The van der Waals surface area contributed by atoms with Gasteiger partial charge in [0.25, 0.3) is 0 Å². The minimum absolute atomic E-state index is 0.685. The first-order valence-corrected chi connectivity index (χ1v) is 5.47. The van der Waals surface area contributed by atoms with Crippen LogP contribution in [0.2, 0.25) is 0 Å². The number of nitrogens with one attached hydrogen (secondary N) is 1. The molecule has 3 nitrogen and oxygen atoms in total. The first kappa shape index (κ1) is 10.1. The smallest absolute Gasteiger partial charge is 0.143 e. The average Bonchev–Trinajstić information content (AvgIpc) is 3.04. The first-order valence-electron chi connectivity index (χ1n) is 5.47. The zero-order chi connectivity index (χ0) is 10.7. The second-order valence-corrected chi connectivity index (χ2v) is 4.12. The van der Waals surface area contributed by atoms with Gasteiger partial charge in [-0.1, -0.05) is 12.8 Å². The van der Waals surface area contributed by atoms with E-state index in [0.717, 1.165) is 23.9 Å². The van der Waals surface area contributed by atoms with Crippen LogP contribution in [0.1, 0.15) is 19.3 Å². The van der Waals surface area contributed by atoms with Crippen molar-refractivity contribution >= 4 is 11.4 Å². The van der Waals surface area contributed by atoms with Gasteiger partial charge in [0.05, 0.1) is 12.8 Å². The largest absolute Gasteiger partial charge is 0.495 e. The summed E-state index contributed by atoms with van der Waals surface area (Å²) >= 11 is 0. The van der Waals surface area contributed by atoms with E-state index in [4.69, 9.17) is 10.5 Å². The zero-order valence-corrected chi connectivity index (χ0v) is 9.12. The molecule has 1 aromatic carbocycles. The van der Waals surface area contributed by atoms with Gasteiger partial charge < -0.3 is 15.8 Å². The quantitative estimate of drug-likeness (QED) is 0.728. The number of hydrogen-bond acceptors (Lipinski definition) is 3. The number of benzene rings is 1. The lowest BCUT2D eigenvalue weighted by atomic mass is 10.2. The normalized spacial score (nSPS) is 15.0. The van der Waals surface area contributed by atoms with Gasteiger partial charge in [0.1, 0.15) is 5.75 Å². The maximum Gasteiger partial charge on any atom is 0.143 e. The van der Waals surface area contributed by atoms with Crippen molar-refractivity contribution < 1.29 is 4.74 Å². The molecule has 0 spiro atoms. The van der Waals surface area contributed by atoms with Crippen LogP contribution < -0.4 is 15.8 Å². The molecule has 82 valence electrons. The lowest BCUT2D eigenvalue weighted by Crippen LogP contribution is -2.03. The molecule has 0 atom stereocenters. The van der Waals surface area contributed by atoms with Crippen molar-refractivity contribution in [1.29, 1.82) is 0 Å². The standard InChI is InChI=1S/C12H18N2O/c1-15-12-8-10(4-5-11(12)13)14-7-6-9-2-3-9/h4-5,8-9,14H,2-3,6-7,13H2,1H3. The van der Waals surface area contributed by atoms with Crippen LogP contribution in [0.4, 0.5) is 11.4 Å². The molecular formula is C12H18N2O. The molecule has 1 aliphatic rings. The van der Waals surface area contributed by atoms with Crippen molar-refractivity contribution in [2.24, 2.45) is 5.92 Å². The van der Waals surface area contributed by atoms with E-state index in [0.29, 0.717) is 5.69 Å². The molecule has 0 saturated heterocycles.